The summed E-state index contributed by atoms with van der Waals surface area (Å²) in [6.07, 6.45) is 0.466. The van der Waals surface area contributed by atoms with Crippen molar-refractivity contribution in [1.82, 2.24) is 20.4 Å². The van der Waals surface area contributed by atoms with Crippen LogP contribution in [0.2, 0.25) is 5.02 Å². The normalized spacial score (nSPS) is 14.7. The van der Waals surface area contributed by atoms with Crippen molar-refractivity contribution < 1.29 is 13.9 Å². The number of carbonyl (C=O) groups is 1. The molecule has 7 nitrogen and oxygen atoms in total. The zero-order valence-corrected chi connectivity index (χ0v) is 13.3. The molecule has 3 rings (SSSR count). The largest absolute Gasteiger partial charge is 0.421 e. The van der Waals surface area contributed by atoms with Crippen LogP contribution in [0.25, 0.3) is 11.5 Å². The third-order valence-electron chi connectivity index (χ3n) is 3.48. The van der Waals surface area contributed by atoms with E-state index in [-0.39, 0.29) is 6.03 Å². The maximum absolute atomic E-state index is 11.9. The summed E-state index contributed by atoms with van der Waals surface area (Å²) in [5.41, 5.74) is 0.699. The molecule has 1 fully saturated rings. The van der Waals surface area contributed by atoms with E-state index in [1.165, 1.54) is 0 Å². The zero-order chi connectivity index (χ0) is 16.1. The molecule has 0 saturated carbocycles. The highest BCUT2D eigenvalue weighted by molar-refractivity contribution is 6.33. The Balaban J connectivity index is 1.51. The van der Waals surface area contributed by atoms with Crippen molar-refractivity contribution in [3.8, 4) is 11.5 Å². The van der Waals surface area contributed by atoms with Crippen molar-refractivity contribution in [2.24, 2.45) is 0 Å². The molecular weight excluding hydrogens is 320 g/mol. The van der Waals surface area contributed by atoms with Gasteiger partial charge in [-0.1, -0.05) is 23.7 Å². The maximum atomic E-state index is 11.9. The van der Waals surface area contributed by atoms with Gasteiger partial charge in [-0.3, -0.25) is 0 Å². The predicted molar refractivity (Wildman–Crippen MR) is 84.2 cm³/mol. The summed E-state index contributed by atoms with van der Waals surface area (Å²) in [6.45, 7) is 2.82. The topological polar surface area (TPSA) is 80.5 Å². The standard InChI is InChI=1S/C15H17ClN4O3/c16-12-4-2-1-3-11(12)14-19-18-13(23-14)5-6-17-15(21)20-7-9-22-10-8-20/h1-4H,5-10H2,(H,17,21). The first-order chi connectivity index (χ1) is 11.2. The fraction of sp³-hybridized carbons (Fsp3) is 0.400. The van der Waals surface area contributed by atoms with Gasteiger partial charge in [0.1, 0.15) is 0 Å². The number of hydrogen-bond acceptors (Lipinski definition) is 5. The number of nitrogens with zero attached hydrogens (tertiary/aromatic N) is 3. The molecule has 0 atom stereocenters. The van der Waals surface area contributed by atoms with Crippen LogP contribution in [-0.4, -0.2) is 54.0 Å². The fourth-order valence-corrected chi connectivity index (χ4v) is 2.47. The van der Waals surface area contributed by atoms with Crippen molar-refractivity contribution in [3.05, 3.63) is 35.2 Å². The lowest BCUT2D eigenvalue weighted by Gasteiger charge is -2.26. The van der Waals surface area contributed by atoms with Crippen molar-refractivity contribution >= 4 is 17.6 Å². The average molecular weight is 337 g/mol. The first-order valence-corrected chi connectivity index (χ1v) is 7.79. The van der Waals surface area contributed by atoms with Crippen LogP contribution >= 0.6 is 11.6 Å². The molecule has 23 heavy (non-hydrogen) atoms. The van der Waals surface area contributed by atoms with Gasteiger partial charge in [0.2, 0.25) is 11.8 Å². The van der Waals surface area contributed by atoms with Crippen LogP contribution in [0.3, 0.4) is 0 Å². The lowest BCUT2D eigenvalue weighted by Crippen LogP contribution is -2.46. The summed E-state index contributed by atoms with van der Waals surface area (Å²) in [6, 6.07) is 7.18. The third kappa shape index (κ3) is 4.00. The minimum atomic E-state index is -0.0980. The molecule has 8 heteroatoms. The van der Waals surface area contributed by atoms with Crippen molar-refractivity contribution in [2.45, 2.75) is 6.42 Å². The van der Waals surface area contributed by atoms with Gasteiger partial charge >= 0.3 is 6.03 Å². The number of ether oxygens (including phenoxy) is 1. The van der Waals surface area contributed by atoms with E-state index in [1.54, 1.807) is 11.0 Å². The summed E-state index contributed by atoms with van der Waals surface area (Å²) >= 11 is 6.10. The number of morpholine rings is 1. The number of hydrogen-bond donors (Lipinski definition) is 1. The average Bonchev–Trinajstić information content (AvgIpc) is 3.04. The van der Waals surface area contributed by atoms with Gasteiger partial charge in [-0.25, -0.2) is 4.79 Å². The Morgan fingerprint density at radius 2 is 2.04 bits per heavy atom. The number of nitrogens with one attached hydrogen (secondary N) is 1. The van der Waals surface area contributed by atoms with E-state index in [0.29, 0.717) is 61.6 Å². The van der Waals surface area contributed by atoms with Crippen LogP contribution in [0.5, 0.6) is 0 Å². The Morgan fingerprint density at radius 3 is 2.83 bits per heavy atom. The first kappa shape index (κ1) is 15.8. The molecular formula is C15H17ClN4O3. The second kappa shape index (κ2) is 7.43. The maximum Gasteiger partial charge on any atom is 0.317 e. The summed E-state index contributed by atoms with van der Waals surface area (Å²) in [5.74, 6) is 0.840. The number of halogens is 1. The minimum Gasteiger partial charge on any atom is -0.421 e. The van der Waals surface area contributed by atoms with E-state index in [2.05, 4.69) is 15.5 Å². The van der Waals surface area contributed by atoms with E-state index in [9.17, 15) is 4.79 Å². The lowest BCUT2D eigenvalue weighted by atomic mass is 10.2. The molecule has 1 aliphatic heterocycles. The van der Waals surface area contributed by atoms with Gasteiger partial charge in [0.15, 0.2) is 0 Å². The van der Waals surface area contributed by atoms with Gasteiger partial charge in [0, 0.05) is 26.1 Å². The summed E-state index contributed by atoms with van der Waals surface area (Å²) in [7, 11) is 0. The van der Waals surface area contributed by atoms with E-state index < -0.39 is 0 Å². The van der Waals surface area contributed by atoms with Crippen molar-refractivity contribution in [3.63, 3.8) is 0 Å². The molecule has 0 spiro atoms. The number of carbonyl (C=O) groups excluding carboxylic acids is 1. The lowest BCUT2D eigenvalue weighted by molar-refractivity contribution is 0.0532. The highest BCUT2D eigenvalue weighted by Gasteiger charge is 2.16. The van der Waals surface area contributed by atoms with Crippen molar-refractivity contribution in [1.29, 1.82) is 0 Å². The van der Waals surface area contributed by atoms with Crippen LogP contribution in [0.15, 0.2) is 28.7 Å². The van der Waals surface area contributed by atoms with Gasteiger partial charge in [0.05, 0.1) is 23.8 Å². The quantitative estimate of drug-likeness (QED) is 0.923. The SMILES string of the molecule is O=C(NCCc1nnc(-c2ccccc2Cl)o1)N1CCOCC1. The zero-order valence-electron chi connectivity index (χ0n) is 12.5. The second-order valence-corrected chi connectivity index (χ2v) is 5.47. The smallest absolute Gasteiger partial charge is 0.317 e. The molecule has 1 N–H and O–H groups in total. The monoisotopic (exact) mass is 336 g/mol. The number of aromatic nitrogens is 2. The number of urea groups is 1. The molecule has 0 bridgehead atoms. The molecule has 2 aromatic rings. The number of amides is 2. The summed E-state index contributed by atoms with van der Waals surface area (Å²) in [4.78, 5) is 13.7. The highest BCUT2D eigenvalue weighted by Crippen LogP contribution is 2.26. The van der Waals surface area contributed by atoms with Crippen molar-refractivity contribution in [2.75, 3.05) is 32.8 Å². The minimum absolute atomic E-state index is 0.0980. The Hall–Kier alpha value is -2.12. The Labute approximate surface area is 138 Å². The highest BCUT2D eigenvalue weighted by atomic mass is 35.5. The molecule has 122 valence electrons. The van der Waals surface area contributed by atoms with Crippen LogP contribution in [0.1, 0.15) is 5.89 Å². The Bertz CT molecular complexity index is 670. The van der Waals surface area contributed by atoms with Gasteiger partial charge in [-0.05, 0) is 12.1 Å². The molecule has 1 aromatic heterocycles. The van der Waals surface area contributed by atoms with Gasteiger partial charge < -0.3 is 19.4 Å². The molecule has 1 aliphatic rings. The molecule has 1 aromatic carbocycles. The third-order valence-corrected chi connectivity index (χ3v) is 3.81. The fourth-order valence-electron chi connectivity index (χ4n) is 2.25. The molecule has 0 aliphatic carbocycles. The molecule has 2 amide bonds. The molecule has 1 saturated heterocycles. The first-order valence-electron chi connectivity index (χ1n) is 7.42. The van der Waals surface area contributed by atoms with Crippen LogP contribution in [-0.2, 0) is 11.2 Å². The van der Waals surface area contributed by atoms with Crippen LogP contribution in [0, 0.1) is 0 Å². The Morgan fingerprint density at radius 1 is 1.26 bits per heavy atom. The number of rotatable bonds is 4. The van der Waals surface area contributed by atoms with Gasteiger partial charge in [-0.2, -0.15) is 0 Å². The van der Waals surface area contributed by atoms with Gasteiger partial charge in [0.25, 0.3) is 0 Å². The van der Waals surface area contributed by atoms with Crippen LogP contribution < -0.4 is 5.32 Å². The molecule has 2 heterocycles. The number of benzene rings is 1. The predicted octanol–water partition coefficient (Wildman–Crippen LogP) is 1.97. The molecule has 0 radical (unpaired) electrons. The van der Waals surface area contributed by atoms with E-state index >= 15 is 0 Å². The summed E-state index contributed by atoms with van der Waals surface area (Å²) < 4.78 is 10.8. The Kier molecular flexibility index (Phi) is 5.09. The van der Waals surface area contributed by atoms with E-state index in [0.717, 1.165) is 0 Å². The van der Waals surface area contributed by atoms with E-state index in [1.807, 2.05) is 18.2 Å². The van der Waals surface area contributed by atoms with E-state index in [4.69, 9.17) is 20.8 Å². The molecule has 0 unspecified atom stereocenters. The summed E-state index contributed by atoms with van der Waals surface area (Å²) in [5, 5.41) is 11.4. The van der Waals surface area contributed by atoms with Crippen LogP contribution in [0.4, 0.5) is 4.79 Å². The van der Waals surface area contributed by atoms with Gasteiger partial charge in [-0.15, -0.1) is 10.2 Å². The second-order valence-electron chi connectivity index (χ2n) is 5.06.